The second-order valence-corrected chi connectivity index (χ2v) is 6.97. The van der Waals surface area contributed by atoms with E-state index in [0.717, 1.165) is 5.56 Å². The summed E-state index contributed by atoms with van der Waals surface area (Å²) in [5.41, 5.74) is 0.794. The number of hydrogen-bond acceptors (Lipinski definition) is 6. The first kappa shape index (κ1) is 19.7. The zero-order valence-electron chi connectivity index (χ0n) is 14.9. The van der Waals surface area contributed by atoms with E-state index in [2.05, 4.69) is 5.32 Å². The molecule has 1 aromatic carbocycles. The molecule has 1 saturated heterocycles. The number of carbonyl (C=O) groups excluding carboxylic acids is 1. The maximum Gasteiger partial charge on any atom is 0.407 e. The van der Waals surface area contributed by atoms with Gasteiger partial charge in [-0.1, -0.05) is 18.2 Å². The average molecular weight is 353 g/mol. The van der Waals surface area contributed by atoms with Gasteiger partial charge in [0.15, 0.2) is 6.29 Å². The van der Waals surface area contributed by atoms with E-state index < -0.39 is 30.2 Å². The molecule has 2 unspecified atom stereocenters. The second kappa shape index (κ2) is 8.62. The Morgan fingerprint density at radius 1 is 1.32 bits per heavy atom. The maximum absolute atomic E-state index is 11.6. The number of aliphatic hydroxyl groups is 2. The highest BCUT2D eigenvalue weighted by Gasteiger charge is 2.23. The van der Waals surface area contributed by atoms with Gasteiger partial charge in [-0.05, 0) is 38.8 Å². The lowest BCUT2D eigenvalue weighted by molar-refractivity contribution is -0.0445. The van der Waals surface area contributed by atoms with E-state index in [-0.39, 0.29) is 13.0 Å². The molecule has 0 aromatic heterocycles. The largest absolute Gasteiger partial charge is 0.444 e. The first-order chi connectivity index (χ1) is 11.8. The van der Waals surface area contributed by atoms with Gasteiger partial charge in [0, 0.05) is 12.1 Å². The van der Waals surface area contributed by atoms with Crippen LogP contribution in [0.5, 0.6) is 0 Å². The van der Waals surface area contributed by atoms with Gasteiger partial charge in [-0.2, -0.15) is 0 Å². The van der Waals surface area contributed by atoms with Gasteiger partial charge in [0.2, 0.25) is 0 Å². The van der Waals surface area contributed by atoms with Crippen LogP contribution in [0.25, 0.3) is 0 Å². The Kier molecular flexibility index (Phi) is 6.78. The number of benzene rings is 1. The Morgan fingerprint density at radius 2 is 2.00 bits per heavy atom. The molecule has 0 saturated carbocycles. The molecular weight excluding hydrogens is 326 g/mol. The summed E-state index contributed by atoms with van der Waals surface area (Å²) < 4.78 is 16.0. The zero-order valence-corrected chi connectivity index (χ0v) is 14.9. The van der Waals surface area contributed by atoms with Crippen molar-refractivity contribution in [1.82, 2.24) is 5.32 Å². The monoisotopic (exact) mass is 353 g/mol. The average Bonchev–Trinajstić information content (AvgIpc) is 3.07. The molecule has 7 nitrogen and oxygen atoms in total. The van der Waals surface area contributed by atoms with Crippen LogP contribution in [0.4, 0.5) is 4.79 Å². The molecule has 1 heterocycles. The Bertz CT molecular complexity index is 565. The Balaban J connectivity index is 1.84. The van der Waals surface area contributed by atoms with E-state index in [9.17, 15) is 15.0 Å². The summed E-state index contributed by atoms with van der Waals surface area (Å²) in [6, 6.07) is 7.12. The van der Waals surface area contributed by atoms with Crippen LogP contribution in [0.2, 0.25) is 0 Å². The van der Waals surface area contributed by atoms with Crippen molar-refractivity contribution in [2.24, 2.45) is 0 Å². The topological polar surface area (TPSA) is 97.3 Å². The van der Waals surface area contributed by atoms with Gasteiger partial charge in [-0.25, -0.2) is 4.79 Å². The minimum Gasteiger partial charge on any atom is -0.444 e. The van der Waals surface area contributed by atoms with Crippen LogP contribution in [0.15, 0.2) is 24.3 Å². The molecule has 1 aliphatic rings. The van der Waals surface area contributed by atoms with Crippen molar-refractivity contribution in [3.8, 4) is 0 Å². The highest BCUT2D eigenvalue weighted by molar-refractivity contribution is 5.67. The smallest absolute Gasteiger partial charge is 0.407 e. The highest BCUT2D eigenvalue weighted by Crippen LogP contribution is 2.27. The number of amides is 1. The number of alkyl carbamates (subject to hydrolysis) is 1. The minimum atomic E-state index is -1.07. The predicted octanol–water partition coefficient (Wildman–Crippen LogP) is 2.04. The van der Waals surface area contributed by atoms with Crippen molar-refractivity contribution in [2.45, 2.75) is 51.3 Å². The van der Waals surface area contributed by atoms with Crippen LogP contribution < -0.4 is 5.32 Å². The molecule has 0 radical (unpaired) electrons. The van der Waals surface area contributed by atoms with Gasteiger partial charge in [0.25, 0.3) is 0 Å². The zero-order chi connectivity index (χ0) is 18.4. The lowest BCUT2D eigenvalue weighted by Gasteiger charge is -2.21. The van der Waals surface area contributed by atoms with Crippen molar-refractivity contribution in [1.29, 1.82) is 0 Å². The van der Waals surface area contributed by atoms with Gasteiger partial charge >= 0.3 is 6.09 Å². The number of hydrogen-bond donors (Lipinski definition) is 3. The SMILES string of the molecule is CC(C)(C)OC(=O)NCCC(O)C(O)c1cccc(C2OCCO2)c1. The van der Waals surface area contributed by atoms with Crippen LogP contribution >= 0.6 is 0 Å². The summed E-state index contributed by atoms with van der Waals surface area (Å²) >= 11 is 0. The number of carbonyl (C=O) groups is 1. The number of nitrogens with one attached hydrogen (secondary N) is 1. The molecule has 0 bridgehead atoms. The third kappa shape index (κ3) is 6.28. The van der Waals surface area contributed by atoms with Gasteiger partial charge in [-0.3, -0.25) is 0 Å². The molecule has 1 aliphatic heterocycles. The summed E-state index contributed by atoms with van der Waals surface area (Å²) in [5, 5.41) is 23.1. The van der Waals surface area contributed by atoms with Crippen molar-refractivity contribution < 1.29 is 29.2 Å². The van der Waals surface area contributed by atoms with Gasteiger partial charge < -0.3 is 29.7 Å². The first-order valence-corrected chi connectivity index (χ1v) is 8.42. The summed E-state index contributed by atoms with van der Waals surface area (Å²) in [6.07, 6.45) is -2.87. The third-order valence-electron chi connectivity index (χ3n) is 3.62. The van der Waals surface area contributed by atoms with E-state index in [4.69, 9.17) is 14.2 Å². The molecule has 1 fully saturated rings. The number of aliphatic hydroxyl groups excluding tert-OH is 2. The first-order valence-electron chi connectivity index (χ1n) is 8.42. The van der Waals surface area contributed by atoms with Crippen molar-refractivity contribution in [2.75, 3.05) is 19.8 Å². The summed E-state index contributed by atoms with van der Waals surface area (Å²) in [7, 11) is 0. The normalized spacial score (nSPS) is 18.0. The molecule has 2 atom stereocenters. The Morgan fingerprint density at radius 3 is 2.64 bits per heavy atom. The predicted molar refractivity (Wildman–Crippen MR) is 90.9 cm³/mol. The van der Waals surface area contributed by atoms with Crippen LogP contribution in [0.3, 0.4) is 0 Å². The molecule has 0 spiro atoms. The number of rotatable bonds is 6. The Hall–Kier alpha value is -1.67. The van der Waals surface area contributed by atoms with Crippen molar-refractivity contribution in [3.05, 3.63) is 35.4 Å². The fourth-order valence-corrected chi connectivity index (χ4v) is 2.46. The second-order valence-electron chi connectivity index (χ2n) is 6.97. The minimum absolute atomic E-state index is 0.196. The van der Waals surface area contributed by atoms with Crippen molar-refractivity contribution in [3.63, 3.8) is 0 Å². The standard InChI is InChI=1S/C18H27NO6/c1-18(2,3)25-17(22)19-8-7-14(20)15(21)12-5-4-6-13(11-12)16-23-9-10-24-16/h4-6,11,14-16,20-21H,7-10H2,1-3H3,(H,19,22). The van der Waals surface area contributed by atoms with Crippen LogP contribution in [0.1, 0.15) is 50.7 Å². The molecule has 140 valence electrons. The van der Waals surface area contributed by atoms with E-state index in [1.54, 1.807) is 39.0 Å². The fourth-order valence-electron chi connectivity index (χ4n) is 2.46. The highest BCUT2D eigenvalue weighted by atomic mass is 16.7. The molecule has 0 aliphatic carbocycles. The third-order valence-corrected chi connectivity index (χ3v) is 3.62. The fraction of sp³-hybridized carbons (Fsp3) is 0.611. The molecule has 7 heteroatoms. The quantitative estimate of drug-likeness (QED) is 0.724. The van der Waals surface area contributed by atoms with Gasteiger partial charge in [0.1, 0.15) is 11.7 Å². The van der Waals surface area contributed by atoms with Crippen LogP contribution in [0, 0.1) is 0 Å². The molecule has 1 aromatic rings. The molecule has 1 amide bonds. The lowest BCUT2D eigenvalue weighted by Crippen LogP contribution is -2.34. The van der Waals surface area contributed by atoms with Gasteiger partial charge in [-0.15, -0.1) is 0 Å². The van der Waals surface area contributed by atoms with E-state index in [1.807, 2.05) is 6.07 Å². The van der Waals surface area contributed by atoms with E-state index >= 15 is 0 Å². The molecule has 2 rings (SSSR count). The van der Waals surface area contributed by atoms with E-state index in [0.29, 0.717) is 18.8 Å². The van der Waals surface area contributed by atoms with E-state index in [1.165, 1.54) is 0 Å². The summed E-state index contributed by atoms with van der Waals surface area (Å²) in [5.74, 6) is 0. The lowest BCUT2D eigenvalue weighted by atomic mass is 10.00. The molecular formula is C18H27NO6. The summed E-state index contributed by atoms with van der Waals surface area (Å²) in [6.45, 7) is 6.59. The summed E-state index contributed by atoms with van der Waals surface area (Å²) in [4.78, 5) is 11.6. The van der Waals surface area contributed by atoms with Crippen LogP contribution in [-0.4, -0.2) is 47.8 Å². The maximum atomic E-state index is 11.6. The van der Waals surface area contributed by atoms with Gasteiger partial charge in [0.05, 0.1) is 19.3 Å². The molecule has 3 N–H and O–H groups in total. The van der Waals surface area contributed by atoms with Crippen LogP contribution in [-0.2, 0) is 14.2 Å². The van der Waals surface area contributed by atoms with Crippen molar-refractivity contribution >= 4 is 6.09 Å². The number of ether oxygens (including phenoxy) is 3. The molecule has 25 heavy (non-hydrogen) atoms. The Labute approximate surface area is 147 Å².